The summed E-state index contributed by atoms with van der Waals surface area (Å²) in [6.45, 7) is 2.76. The van der Waals surface area contributed by atoms with Gasteiger partial charge in [0.1, 0.15) is 5.82 Å². The van der Waals surface area contributed by atoms with E-state index in [0.29, 0.717) is 13.0 Å². The number of nitrogens with zero attached hydrogens (tertiary/aromatic N) is 1. The first-order chi connectivity index (χ1) is 13.0. The van der Waals surface area contributed by atoms with Crippen LogP contribution in [0.4, 0.5) is 10.1 Å². The molecular weight excluding hydrogens is 345 g/mol. The molecule has 0 atom stereocenters. The van der Waals surface area contributed by atoms with Gasteiger partial charge in [-0.1, -0.05) is 37.3 Å². The Morgan fingerprint density at radius 1 is 1.00 bits per heavy atom. The Morgan fingerprint density at radius 3 is 2.37 bits per heavy atom. The molecule has 2 aromatic carbocycles. The van der Waals surface area contributed by atoms with Crippen molar-refractivity contribution in [2.24, 2.45) is 0 Å². The first kappa shape index (κ1) is 20.6. The zero-order valence-electron chi connectivity index (χ0n) is 15.8. The fourth-order valence-electron chi connectivity index (χ4n) is 2.74. The predicted molar refractivity (Wildman–Crippen MR) is 105 cm³/mol. The van der Waals surface area contributed by atoms with E-state index in [4.69, 9.17) is 0 Å². The highest BCUT2D eigenvalue weighted by molar-refractivity contribution is 5.93. The van der Waals surface area contributed by atoms with Gasteiger partial charge in [0.15, 0.2) is 0 Å². The number of likely N-dealkylation sites (N-methyl/N-ethyl adjacent to an activating group) is 1. The quantitative estimate of drug-likeness (QED) is 0.712. The van der Waals surface area contributed by atoms with Crippen molar-refractivity contribution in [3.63, 3.8) is 0 Å². The summed E-state index contributed by atoms with van der Waals surface area (Å²) in [6.07, 6.45) is 1.47. The monoisotopic (exact) mass is 371 g/mol. The number of hydrogen-bond acceptors (Lipinski definition) is 3. The lowest BCUT2D eigenvalue weighted by atomic mass is 10.1. The van der Waals surface area contributed by atoms with Crippen molar-refractivity contribution in [3.05, 3.63) is 65.5 Å². The maximum Gasteiger partial charge on any atom is 0.238 e. The molecule has 0 bridgehead atoms. The summed E-state index contributed by atoms with van der Waals surface area (Å²) < 4.78 is 12.9. The van der Waals surface area contributed by atoms with E-state index in [1.54, 1.807) is 24.1 Å². The van der Waals surface area contributed by atoms with E-state index in [2.05, 4.69) is 10.6 Å². The molecule has 0 aromatic heterocycles. The van der Waals surface area contributed by atoms with Crippen LogP contribution >= 0.6 is 0 Å². The molecule has 2 amide bonds. The van der Waals surface area contributed by atoms with E-state index in [-0.39, 0.29) is 30.7 Å². The van der Waals surface area contributed by atoms with Gasteiger partial charge in [0.05, 0.1) is 13.1 Å². The fraction of sp³-hybridized carbons (Fsp3) is 0.333. The van der Waals surface area contributed by atoms with Crippen molar-refractivity contribution in [1.29, 1.82) is 0 Å². The normalized spacial score (nSPS) is 10.7. The van der Waals surface area contributed by atoms with Crippen molar-refractivity contribution < 1.29 is 14.0 Å². The molecule has 5 nitrogen and oxygen atoms in total. The summed E-state index contributed by atoms with van der Waals surface area (Å²) in [6, 6.07) is 13.9. The highest BCUT2D eigenvalue weighted by atomic mass is 19.1. The Hall–Kier alpha value is -2.73. The number of para-hydroxylation sites is 1. The van der Waals surface area contributed by atoms with Crippen LogP contribution in [0.2, 0.25) is 0 Å². The number of rotatable bonds is 9. The van der Waals surface area contributed by atoms with Crippen LogP contribution in [0.5, 0.6) is 0 Å². The molecule has 6 heteroatoms. The number of aryl methyl sites for hydroxylation is 1. The predicted octanol–water partition coefficient (Wildman–Crippen LogP) is 2.62. The van der Waals surface area contributed by atoms with Gasteiger partial charge in [0.2, 0.25) is 11.8 Å². The van der Waals surface area contributed by atoms with Gasteiger partial charge >= 0.3 is 0 Å². The summed E-state index contributed by atoms with van der Waals surface area (Å²) in [7, 11) is 1.73. The van der Waals surface area contributed by atoms with Crippen LogP contribution in [0.1, 0.15) is 18.1 Å². The van der Waals surface area contributed by atoms with Crippen molar-refractivity contribution >= 4 is 17.5 Å². The molecule has 27 heavy (non-hydrogen) atoms. The zero-order chi connectivity index (χ0) is 19.6. The molecule has 0 spiro atoms. The Labute approximate surface area is 159 Å². The third-order valence-corrected chi connectivity index (χ3v) is 4.15. The summed E-state index contributed by atoms with van der Waals surface area (Å²) in [4.78, 5) is 25.8. The van der Waals surface area contributed by atoms with E-state index in [1.807, 2.05) is 31.2 Å². The van der Waals surface area contributed by atoms with Crippen LogP contribution in [0.3, 0.4) is 0 Å². The lowest BCUT2D eigenvalue weighted by molar-refractivity contribution is -0.122. The zero-order valence-corrected chi connectivity index (χ0v) is 15.8. The maximum atomic E-state index is 12.9. The van der Waals surface area contributed by atoms with Crippen molar-refractivity contribution in [2.75, 3.05) is 32.0 Å². The molecule has 0 saturated carbocycles. The number of amides is 2. The first-order valence-corrected chi connectivity index (χ1v) is 9.05. The van der Waals surface area contributed by atoms with E-state index >= 15 is 0 Å². The topological polar surface area (TPSA) is 61.4 Å². The molecule has 2 N–H and O–H groups in total. The minimum absolute atomic E-state index is 0.128. The van der Waals surface area contributed by atoms with Gasteiger partial charge in [-0.2, -0.15) is 0 Å². The number of hydrogen-bond donors (Lipinski definition) is 2. The largest absolute Gasteiger partial charge is 0.355 e. The van der Waals surface area contributed by atoms with E-state index in [0.717, 1.165) is 23.2 Å². The van der Waals surface area contributed by atoms with Crippen LogP contribution in [-0.4, -0.2) is 43.4 Å². The Balaban J connectivity index is 1.70. The smallest absolute Gasteiger partial charge is 0.238 e. The van der Waals surface area contributed by atoms with Crippen LogP contribution < -0.4 is 10.6 Å². The average molecular weight is 371 g/mol. The van der Waals surface area contributed by atoms with Crippen LogP contribution in [-0.2, 0) is 22.4 Å². The number of halogens is 1. The molecule has 0 radical (unpaired) electrons. The molecule has 2 rings (SSSR count). The van der Waals surface area contributed by atoms with Gasteiger partial charge in [0, 0.05) is 12.2 Å². The lowest BCUT2D eigenvalue weighted by Gasteiger charge is -2.17. The summed E-state index contributed by atoms with van der Waals surface area (Å²) in [5.74, 6) is -0.580. The number of nitrogens with one attached hydrogen (secondary N) is 2. The molecule has 2 aromatic rings. The van der Waals surface area contributed by atoms with E-state index in [9.17, 15) is 14.0 Å². The number of carbonyl (C=O) groups excluding carboxylic acids is 2. The molecule has 0 saturated heterocycles. The van der Waals surface area contributed by atoms with E-state index in [1.165, 1.54) is 12.1 Å². The standard InChI is InChI=1S/C21H26FN3O2/c1-3-17-6-4-5-7-19(17)24-21(27)15-25(2)14-20(26)23-13-12-16-8-10-18(22)11-9-16/h4-11H,3,12-15H2,1-2H3,(H,23,26)(H,24,27). The highest BCUT2D eigenvalue weighted by Crippen LogP contribution is 2.15. The number of carbonyl (C=O) groups is 2. The van der Waals surface area contributed by atoms with Gasteiger partial charge in [-0.25, -0.2) is 4.39 Å². The minimum Gasteiger partial charge on any atom is -0.355 e. The van der Waals surface area contributed by atoms with E-state index < -0.39 is 0 Å². The maximum absolute atomic E-state index is 12.9. The minimum atomic E-state index is -0.274. The fourth-order valence-corrected chi connectivity index (χ4v) is 2.74. The first-order valence-electron chi connectivity index (χ1n) is 9.05. The second kappa shape index (κ2) is 10.4. The van der Waals surface area contributed by atoms with Gasteiger partial charge in [-0.05, 0) is 49.2 Å². The van der Waals surface area contributed by atoms with Crippen LogP contribution in [0.15, 0.2) is 48.5 Å². The van der Waals surface area contributed by atoms with Gasteiger partial charge < -0.3 is 10.6 Å². The third-order valence-electron chi connectivity index (χ3n) is 4.15. The molecular formula is C21H26FN3O2. The van der Waals surface area contributed by atoms with Crippen LogP contribution in [0.25, 0.3) is 0 Å². The van der Waals surface area contributed by atoms with Crippen molar-refractivity contribution in [2.45, 2.75) is 19.8 Å². The lowest BCUT2D eigenvalue weighted by Crippen LogP contribution is -2.39. The molecule has 144 valence electrons. The molecule has 0 fully saturated rings. The SMILES string of the molecule is CCc1ccccc1NC(=O)CN(C)CC(=O)NCCc1ccc(F)cc1. The number of anilines is 1. The average Bonchev–Trinajstić information content (AvgIpc) is 2.63. The third kappa shape index (κ3) is 7.19. The Morgan fingerprint density at radius 2 is 1.67 bits per heavy atom. The van der Waals surface area contributed by atoms with Gasteiger partial charge in [0.25, 0.3) is 0 Å². The molecule has 0 aliphatic carbocycles. The van der Waals surface area contributed by atoms with Crippen molar-refractivity contribution in [1.82, 2.24) is 10.2 Å². The second-order valence-electron chi connectivity index (χ2n) is 6.46. The van der Waals surface area contributed by atoms with Gasteiger partial charge in [-0.3, -0.25) is 14.5 Å². The molecule has 0 heterocycles. The molecule has 0 unspecified atom stereocenters. The summed E-state index contributed by atoms with van der Waals surface area (Å²) in [5.41, 5.74) is 2.84. The number of benzene rings is 2. The Kier molecular flexibility index (Phi) is 7.95. The summed E-state index contributed by atoms with van der Waals surface area (Å²) >= 11 is 0. The van der Waals surface area contributed by atoms with Crippen LogP contribution in [0, 0.1) is 5.82 Å². The molecule has 0 aliphatic rings. The second-order valence-corrected chi connectivity index (χ2v) is 6.46. The summed E-state index contributed by atoms with van der Waals surface area (Å²) in [5, 5.41) is 5.70. The molecule has 0 aliphatic heterocycles. The van der Waals surface area contributed by atoms with Gasteiger partial charge in [-0.15, -0.1) is 0 Å². The Bertz CT molecular complexity index is 762. The van der Waals surface area contributed by atoms with Crippen molar-refractivity contribution in [3.8, 4) is 0 Å². The highest BCUT2D eigenvalue weighted by Gasteiger charge is 2.11.